The van der Waals surface area contributed by atoms with Gasteiger partial charge in [0.1, 0.15) is 6.61 Å². The van der Waals surface area contributed by atoms with Crippen LogP contribution in [0.1, 0.15) is 6.92 Å². The predicted molar refractivity (Wildman–Crippen MR) is 47.3 cm³/mol. The number of ether oxygens (including phenoxy) is 1. The molecule has 14 heavy (non-hydrogen) atoms. The Morgan fingerprint density at radius 1 is 1.71 bits per heavy atom. The van der Waals surface area contributed by atoms with Gasteiger partial charge in [-0.05, 0) is 0 Å². The molecule has 0 amide bonds. The van der Waals surface area contributed by atoms with E-state index in [1.54, 1.807) is 6.92 Å². The molecule has 0 aromatic heterocycles. The van der Waals surface area contributed by atoms with E-state index in [1.807, 2.05) is 0 Å². The van der Waals surface area contributed by atoms with Gasteiger partial charge in [0.2, 0.25) is 0 Å². The second-order valence-corrected chi connectivity index (χ2v) is 3.06. The number of nitrogens with zero attached hydrogens (tertiary/aromatic N) is 1. The molecule has 0 N–H and O–H groups in total. The van der Waals surface area contributed by atoms with Gasteiger partial charge in [0.05, 0.1) is 0 Å². The van der Waals surface area contributed by atoms with Crippen LogP contribution in [0.5, 0.6) is 0 Å². The van der Waals surface area contributed by atoms with Crippen LogP contribution in [0.2, 0.25) is 0 Å². The summed E-state index contributed by atoms with van der Waals surface area (Å²) in [6.45, 7) is 5.49. The van der Waals surface area contributed by atoms with E-state index < -0.39 is 17.2 Å². The topological polar surface area (TPSA) is 69.7 Å². The van der Waals surface area contributed by atoms with Gasteiger partial charge in [0, 0.05) is 30.4 Å². The number of hydrogen-bond acceptors (Lipinski definition) is 4. The molecule has 0 aromatic rings. The third kappa shape index (κ3) is 5.87. The van der Waals surface area contributed by atoms with Crippen LogP contribution >= 0.6 is 0 Å². The standard InChI is InChI=1S/C7H13NO4S.Rf/c1-3-7(9)12-6-5-8(4-2)13(10)11;/h3H,1,4-6H2,2H3,(H,10,11);/p-1. The van der Waals surface area contributed by atoms with Crippen LogP contribution < -0.4 is 0 Å². The molecule has 0 aliphatic carbocycles. The quantitative estimate of drug-likeness (QED) is 0.306. The minimum atomic E-state index is -2.25. The number of likely N-dealkylation sites (N-methyl/N-ethyl adjacent to an activating group) is 1. The van der Waals surface area contributed by atoms with Crippen molar-refractivity contribution in [2.24, 2.45) is 0 Å². The fraction of sp³-hybridized carbons (Fsp3) is 0.571. The van der Waals surface area contributed by atoms with Gasteiger partial charge < -0.3 is 9.29 Å². The number of hydrogen-bond donors (Lipinski definition) is 0. The van der Waals surface area contributed by atoms with Crippen LogP contribution in [-0.4, -0.2) is 38.7 Å². The summed E-state index contributed by atoms with van der Waals surface area (Å²) >= 11 is -2.25. The normalized spacial score (nSPS) is 11.6. The number of rotatable bonds is 6. The minimum absolute atomic E-state index is 0. The van der Waals surface area contributed by atoms with E-state index in [2.05, 4.69) is 11.3 Å². The first kappa shape index (κ1) is 14.8. The van der Waals surface area contributed by atoms with Crippen LogP contribution in [-0.2, 0) is 20.8 Å². The van der Waals surface area contributed by atoms with Crippen LogP contribution in [0.25, 0.3) is 0 Å². The molecule has 5 nitrogen and oxygen atoms in total. The van der Waals surface area contributed by atoms with E-state index >= 15 is 0 Å². The first-order chi connectivity index (χ1) is 6.11. The van der Waals surface area contributed by atoms with Crippen molar-refractivity contribution in [3.63, 3.8) is 0 Å². The largest absolute Gasteiger partial charge is 0.760 e. The maximum Gasteiger partial charge on any atom is 0.330 e. The second-order valence-electron chi connectivity index (χ2n) is 2.11. The zero-order chi connectivity index (χ0) is 10.3. The average Bonchev–Trinajstić information content (AvgIpc) is 2.11. The molecule has 7 heteroatoms. The molecular weight excluding hydrogens is 461 g/mol. The molecule has 0 aromatic carbocycles. The van der Waals surface area contributed by atoms with Crippen molar-refractivity contribution in [1.82, 2.24) is 4.31 Å². The molecule has 0 aliphatic rings. The molecule has 0 aliphatic heterocycles. The Hall–Kier alpha value is -1.72. The Morgan fingerprint density at radius 3 is 2.64 bits per heavy atom. The van der Waals surface area contributed by atoms with Crippen molar-refractivity contribution >= 4 is 17.2 Å². The molecule has 0 heterocycles. The van der Waals surface area contributed by atoms with E-state index in [0.29, 0.717) is 6.54 Å². The fourth-order valence-electron chi connectivity index (χ4n) is 0.645. The van der Waals surface area contributed by atoms with Crippen molar-refractivity contribution < 1.29 is 18.3 Å². The van der Waals surface area contributed by atoms with Crippen molar-refractivity contribution in [1.29, 1.82) is 0 Å². The van der Waals surface area contributed by atoms with Gasteiger partial charge in [-0.25, -0.2) is 9.10 Å². The molecule has 0 spiro atoms. The predicted octanol–water partition coefficient (Wildman–Crippen LogP) is -0.168. The molecule has 0 fully saturated rings. The van der Waals surface area contributed by atoms with E-state index in [4.69, 9.17) is 0 Å². The third-order valence-corrected chi connectivity index (χ3v) is 2.18. The smallest absolute Gasteiger partial charge is 0.330 e. The Labute approximate surface area is 79.8 Å². The molecule has 1 atom stereocenters. The number of carbonyl (C=O) groups is 1. The van der Waals surface area contributed by atoms with Crippen molar-refractivity contribution in [3.05, 3.63) is 12.7 Å². The van der Waals surface area contributed by atoms with Crippen molar-refractivity contribution in [3.8, 4) is 0 Å². The minimum Gasteiger partial charge on any atom is -0.760 e. The van der Waals surface area contributed by atoms with Gasteiger partial charge in [0.15, 0.2) is 0 Å². The Morgan fingerprint density at radius 2 is 2.29 bits per heavy atom. The summed E-state index contributed by atoms with van der Waals surface area (Å²) in [6, 6.07) is 0. The second kappa shape index (κ2) is 7.90. The van der Waals surface area contributed by atoms with Crippen LogP contribution in [0.3, 0.4) is 0 Å². The van der Waals surface area contributed by atoms with Crippen LogP contribution in [0.15, 0.2) is 12.7 Å². The average molecular weight is 473 g/mol. The maximum absolute atomic E-state index is 10.5. The summed E-state index contributed by atoms with van der Waals surface area (Å²) < 4.78 is 26.6. The summed E-state index contributed by atoms with van der Waals surface area (Å²) in [4.78, 5) is 10.5. The Balaban J connectivity index is 0. The molecule has 1 unspecified atom stereocenters. The third-order valence-electron chi connectivity index (χ3n) is 1.32. The molecule has 0 bridgehead atoms. The van der Waals surface area contributed by atoms with Gasteiger partial charge in [-0.1, -0.05) is 13.5 Å². The molecule has 78 valence electrons. The van der Waals surface area contributed by atoms with Gasteiger partial charge in [-0.2, -0.15) is 0 Å². The van der Waals surface area contributed by atoms with E-state index in [-0.39, 0.29) is 13.2 Å². The number of carbonyl (C=O) groups excluding carboxylic acids is 1. The van der Waals surface area contributed by atoms with Crippen LogP contribution in [0, 0.1) is 0 Å². The summed E-state index contributed by atoms with van der Waals surface area (Å²) in [5.41, 5.74) is 0. The Kier molecular flexibility index (Phi) is 8.35. The van der Waals surface area contributed by atoms with Gasteiger partial charge in [-0.3, -0.25) is 4.21 Å². The Bertz CT molecular complexity index is 212. The van der Waals surface area contributed by atoms with Gasteiger partial charge in [-0.15, -0.1) is 0 Å². The number of esters is 1. The molecule has 0 radical (unpaired) electrons. The molecule has 0 rings (SSSR count). The molecule has 0 saturated carbocycles. The van der Waals surface area contributed by atoms with E-state index in [1.165, 1.54) is 0 Å². The van der Waals surface area contributed by atoms with Crippen molar-refractivity contribution in [2.75, 3.05) is 19.7 Å². The van der Waals surface area contributed by atoms with E-state index in [9.17, 15) is 13.6 Å². The fourth-order valence-corrected chi connectivity index (χ4v) is 1.08. The maximum atomic E-state index is 10.5. The van der Waals surface area contributed by atoms with Gasteiger partial charge >= 0.3 is 5.97 Å². The summed E-state index contributed by atoms with van der Waals surface area (Å²) in [7, 11) is 0. The summed E-state index contributed by atoms with van der Waals surface area (Å²) in [5, 5.41) is 0. The van der Waals surface area contributed by atoms with E-state index in [0.717, 1.165) is 10.4 Å². The monoisotopic (exact) mass is 473 g/mol. The van der Waals surface area contributed by atoms with Gasteiger partial charge in [0.25, 0.3) is 0 Å². The SMILES string of the molecule is C=CC(=O)OCCN(CC)S(=O)[O-].[Rf]. The first-order valence-electron chi connectivity index (χ1n) is 3.75. The zero-order valence-electron chi connectivity index (χ0n) is 8.10. The van der Waals surface area contributed by atoms with Crippen LogP contribution in [0.4, 0.5) is 0 Å². The first-order valence-corrected chi connectivity index (χ1v) is 4.78. The molecular formula is C7H12NO4RfS-. The molecule has 0 saturated heterocycles. The zero-order valence-corrected chi connectivity index (χ0v) is 15.3. The van der Waals surface area contributed by atoms with Crippen molar-refractivity contribution in [2.45, 2.75) is 6.92 Å². The summed E-state index contributed by atoms with van der Waals surface area (Å²) in [5.74, 6) is -0.548. The summed E-state index contributed by atoms with van der Waals surface area (Å²) in [6.07, 6.45) is 1.03.